The van der Waals surface area contributed by atoms with Gasteiger partial charge in [-0.05, 0) is 40.1 Å². The summed E-state index contributed by atoms with van der Waals surface area (Å²) in [5, 5.41) is 6.37. The Hall–Kier alpha value is -1.36. The molecule has 0 atom stereocenters. The summed E-state index contributed by atoms with van der Waals surface area (Å²) >= 11 is 0. The Morgan fingerprint density at radius 2 is 2.12 bits per heavy atom. The van der Waals surface area contributed by atoms with Gasteiger partial charge in [-0.1, -0.05) is 0 Å². The lowest BCUT2D eigenvalue weighted by Crippen LogP contribution is -2.16. The van der Waals surface area contributed by atoms with Gasteiger partial charge in [0.25, 0.3) is 0 Å². The highest BCUT2D eigenvalue weighted by atomic mass is 15.1. The number of anilines is 2. The van der Waals surface area contributed by atoms with E-state index < -0.39 is 0 Å². The zero-order valence-corrected chi connectivity index (χ0v) is 10.3. The van der Waals surface area contributed by atoms with Crippen LogP contribution in [0.1, 0.15) is 13.3 Å². The Balaban J connectivity index is 2.33. The van der Waals surface area contributed by atoms with Gasteiger partial charge in [0.2, 0.25) is 5.95 Å². The quantitative estimate of drug-likeness (QED) is 0.682. The van der Waals surface area contributed by atoms with Crippen molar-refractivity contribution in [2.24, 2.45) is 0 Å². The first-order valence-corrected chi connectivity index (χ1v) is 5.68. The van der Waals surface area contributed by atoms with Crippen LogP contribution in [0.25, 0.3) is 0 Å². The maximum Gasteiger partial charge on any atom is 0.224 e. The molecule has 5 heteroatoms. The summed E-state index contributed by atoms with van der Waals surface area (Å²) in [4.78, 5) is 10.6. The molecule has 0 unspecified atom stereocenters. The highest BCUT2D eigenvalue weighted by molar-refractivity contribution is 5.39. The molecule has 0 fully saturated rings. The highest BCUT2D eigenvalue weighted by Crippen LogP contribution is 2.05. The first-order valence-electron chi connectivity index (χ1n) is 5.68. The predicted molar refractivity (Wildman–Crippen MR) is 67.9 cm³/mol. The SMILES string of the molecule is CCNc1nccc(NCCCN(C)C)n1. The van der Waals surface area contributed by atoms with E-state index in [1.54, 1.807) is 6.20 Å². The van der Waals surface area contributed by atoms with Gasteiger partial charge in [0.05, 0.1) is 0 Å². The number of aromatic nitrogens is 2. The van der Waals surface area contributed by atoms with E-state index in [2.05, 4.69) is 39.6 Å². The fraction of sp³-hybridized carbons (Fsp3) is 0.636. The van der Waals surface area contributed by atoms with Crippen molar-refractivity contribution < 1.29 is 0 Å². The molecule has 0 spiro atoms. The van der Waals surface area contributed by atoms with E-state index in [0.717, 1.165) is 31.9 Å². The molecule has 0 aliphatic heterocycles. The van der Waals surface area contributed by atoms with E-state index in [0.29, 0.717) is 5.95 Å². The van der Waals surface area contributed by atoms with E-state index in [1.807, 2.05) is 13.0 Å². The number of nitrogens with one attached hydrogen (secondary N) is 2. The summed E-state index contributed by atoms with van der Waals surface area (Å²) in [7, 11) is 4.15. The van der Waals surface area contributed by atoms with Crippen LogP contribution in [0.3, 0.4) is 0 Å². The van der Waals surface area contributed by atoms with Crippen molar-refractivity contribution in [3.8, 4) is 0 Å². The molecule has 1 heterocycles. The molecule has 0 aromatic carbocycles. The minimum atomic E-state index is 0.681. The monoisotopic (exact) mass is 223 g/mol. The molecule has 0 saturated carbocycles. The van der Waals surface area contributed by atoms with E-state index in [1.165, 1.54) is 0 Å². The lowest BCUT2D eigenvalue weighted by Gasteiger charge is -2.10. The van der Waals surface area contributed by atoms with Gasteiger partial charge in [-0.2, -0.15) is 4.98 Å². The predicted octanol–water partition coefficient (Wildman–Crippen LogP) is 1.27. The number of hydrogen-bond donors (Lipinski definition) is 2. The maximum atomic E-state index is 4.33. The molecular formula is C11H21N5. The Morgan fingerprint density at radius 1 is 1.31 bits per heavy atom. The van der Waals surface area contributed by atoms with Gasteiger partial charge >= 0.3 is 0 Å². The lowest BCUT2D eigenvalue weighted by molar-refractivity contribution is 0.405. The normalized spacial score (nSPS) is 10.5. The third kappa shape index (κ3) is 4.93. The van der Waals surface area contributed by atoms with E-state index in [9.17, 15) is 0 Å². The molecule has 0 aliphatic carbocycles. The average Bonchev–Trinajstić information content (AvgIpc) is 2.25. The van der Waals surface area contributed by atoms with Crippen LogP contribution in [0, 0.1) is 0 Å². The molecule has 0 bridgehead atoms. The summed E-state index contributed by atoms with van der Waals surface area (Å²) in [5.74, 6) is 1.56. The number of rotatable bonds is 7. The van der Waals surface area contributed by atoms with Gasteiger partial charge in [0, 0.05) is 19.3 Å². The highest BCUT2D eigenvalue weighted by Gasteiger charge is 1.97. The molecule has 5 nitrogen and oxygen atoms in total. The smallest absolute Gasteiger partial charge is 0.224 e. The van der Waals surface area contributed by atoms with Gasteiger partial charge in [-0.15, -0.1) is 0 Å². The van der Waals surface area contributed by atoms with Crippen molar-refractivity contribution >= 4 is 11.8 Å². The van der Waals surface area contributed by atoms with Gasteiger partial charge in [-0.3, -0.25) is 0 Å². The summed E-state index contributed by atoms with van der Waals surface area (Å²) in [6.07, 6.45) is 2.87. The minimum Gasteiger partial charge on any atom is -0.370 e. The zero-order valence-electron chi connectivity index (χ0n) is 10.3. The molecule has 0 saturated heterocycles. The molecule has 1 aromatic rings. The van der Waals surface area contributed by atoms with Gasteiger partial charge < -0.3 is 15.5 Å². The van der Waals surface area contributed by atoms with Crippen LogP contribution in [-0.4, -0.2) is 48.6 Å². The van der Waals surface area contributed by atoms with Crippen molar-refractivity contribution in [1.29, 1.82) is 0 Å². The first-order chi connectivity index (χ1) is 7.72. The molecule has 1 aromatic heterocycles. The summed E-state index contributed by atoms with van der Waals surface area (Å²) in [6, 6.07) is 1.89. The molecule has 0 aliphatic rings. The maximum absolute atomic E-state index is 4.33. The van der Waals surface area contributed by atoms with Crippen molar-refractivity contribution in [3.05, 3.63) is 12.3 Å². The Morgan fingerprint density at radius 3 is 2.81 bits per heavy atom. The molecule has 2 N–H and O–H groups in total. The molecule has 0 amide bonds. The van der Waals surface area contributed by atoms with Crippen molar-refractivity contribution in [1.82, 2.24) is 14.9 Å². The second-order valence-electron chi connectivity index (χ2n) is 3.88. The molecule has 16 heavy (non-hydrogen) atoms. The fourth-order valence-corrected chi connectivity index (χ4v) is 1.31. The molecular weight excluding hydrogens is 202 g/mol. The van der Waals surface area contributed by atoms with E-state index >= 15 is 0 Å². The first kappa shape index (κ1) is 12.7. The summed E-state index contributed by atoms with van der Waals surface area (Å²) in [6.45, 7) is 4.88. The fourth-order valence-electron chi connectivity index (χ4n) is 1.31. The Bertz CT molecular complexity index is 300. The van der Waals surface area contributed by atoms with E-state index in [-0.39, 0.29) is 0 Å². The third-order valence-electron chi connectivity index (χ3n) is 2.08. The van der Waals surface area contributed by atoms with Crippen LogP contribution < -0.4 is 10.6 Å². The molecule has 1 rings (SSSR count). The second kappa shape index (κ2) is 7.00. The minimum absolute atomic E-state index is 0.681. The summed E-state index contributed by atoms with van der Waals surface area (Å²) < 4.78 is 0. The van der Waals surface area contributed by atoms with Crippen LogP contribution in [-0.2, 0) is 0 Å². The standard InChI is InChI=1S/C11H21N5/c1-4-12-11-14-8-6-10(15-11)13-7-5-9-16(2)3/h6,8H,4-5,7,9H2,1-3H3,(H2,12,13,14,15). The Labute approximate surface area is 97.3 Å². The number of hydrogen-bond acceptors (Lipinski definition) is 5. The molecule has 90 valence electrons. The Kier molecular flexibility index (Phi) is 5.56. The number of nitrogens with zero attached hydrogens (tertiary/aromatic N) is 3. The zero-order chi connectivity index (χ0) is 11.8. The van der Waals surface area contributed by atoms with Gasteiger partial charge in [-0.25, -0.2) is 4.98 Å². The second-order valence-corrected chi connectivity index (χ2v) is 3.88. The van der Waals surface area contributed by atoms with Crippen LogP contribution in [0.5, 0.6) is 0 Å². The lowest BCUT2D eigenvalue weighted by atomic mass is 10.4. The van der Waals surface area contributed by atoms with Gasteiger partial charge in [0.1, 0.15) is 5.82 Å². The summed E-state index contributed by atoms with van der Waals surface area (Å²) in [5.41, 5.74) is 0. The van der Waals surface area contributed by atoms with Crippen LogP contribution >= 0.6 is 0 Å². The van der Waals surface area contributed by atoms with Crippen LogP contribution in [0.15, 0.2) is 12.3 Å². The van der Waals surface area contributed by atoms with Crippen molar-refractivity contribution in [3.63, 3.8) is 0 Å². The van der Waals surface area contributed by atoms with Crippen molar-refractivity contribution in [2.75, 3.05) is 44.4 Å². The largest absolute Gasteiger partial charge is 0.370 e. The molecule has 0 radical (unpaired) electrons. The topological polar surface area (TPSA) is 53.1 Å². The van der Waals surface area contributed by atoms with E-state index in [4.69, 9.17) is 0 Å². The van der Waals surface area contributed by atoms with Gasteiger partial charge in [0.15, 0.2) is 0 Å². The third-order valence-corrected chi connectivity index (χ3v) is 2.08. The van der Waals surface area contributed by atoms with Crippen LogP contribution in [0.4, 0.5) is 11.8 Å². The van der Waals surface area contributed by atoms with Crippen LogP contribution in [0.2, 0.25) is 0 Å². The van der Waals surface area contributed by atoms with Crippen molar-refractivity contribution in [2.45, 2.75) is 13.3 Å². The average molecular weight is 223 g/mol.